The molecule has 1 aromatic heterocycles. The van der Waals surface area contributed by atoms with Gasteiger partial charge in [0.05, 0.1) is 5.02 Å². The van der Waals surface area contributed by atoms with Crippen molar-refractivity contribution >= 4 is 35.5 Å². The summed E-state index contributed by atoms with van der Waals surface area (Å²) in [6.45, 7) is 1.70. The number of hydrogen-bond acceptors (Lipinski definition) is 4. The molecule has 13 heavy (non-hydrogen) atoms. The number of carbonyl (C=O) groups excluding carboxylic acids is 2. The SMILES string of the molecule is Cc1sc(C=O)c(OCC=O)c1Cl. The molecule has 70 valence electrons. The zero-order valence-electron chi connectivity index (χ0n) is 6.87. The summed E-state index contributed by atoms with van der Waals surface area (Å²) in [7, 11) is 0. The van der Waals surface area contributed by atoms with Crippen molar-refractivity contribution in [2.75, 3.05) is 6.61 Å². The van der Waals surface area contributed by atoms with Crippen LogP contribution in [0.5, 0.6) is 5.75 Å². The molecule has 0 aromatic carbocycles. The lowest BCUT2D eigenvalue weighted by Crippen LogP contribution is -1.98. The maximum atomic E-state index is 10.5. The Morgan fingerprint density at radius 1 is 1.54 bits per heavy atom. The molecule has 1 aromatic rings. The number of carbonyl (C=O) groups is 2. The molecule has 0 unspecified atom stereocenters. The van der Waals surface area contributed by atoms with E-state index in [2.05, 4.69) is 0 Å². The average molecular weight is 219 g/mol. The van der Waals surface area contributed by atoms with Gasteiger partial charge < -0.3 is 4.74 Å². The van der Waals surface area contributed by atoms with Gasteiger partial charge in [-0.15, -0.1) is 11.3 Å². The predicted octanol–water partition coefficient (Wildman–Crippen LogP) is 2.10. The summed E-state index contributed by atoms with van der Waals surface area (Å²) in [5.74, 6) is 0.311. The van der Waals surface area contributed by atoms with Crippen LogP contribution < -0.4 is 4.74 Å². The van der Waals surface area contributed by atoms with E-state index in [0.29, 0.717) is 28.2 Å². The monoisotopic (exact) mass is 218 g/mol. The summed E-state index contributed by atoms with van der Waals surface area (Å²) in [5.41, 5.74) is 0. The van der Waals surface area contributed by atoms with E-state index in [0.717, 1.165) is 4.88 Å². The fraction of sp³-hybridized carbons (Fsp3) is 0.250. The number of hydrogen-bond donors (Lipinski definition) is 0. The van der Waals surface area contributed by atoms with Gasteiger partial charge >= 0.3 is 0 Å². The maximum Gasteiger partial charge on any atom is 0.163 e. The van der Waals surface area contributed by atoms with Gasteiger partial charge in [-0.1, -0.05) is 11.6 Å². The molecule has 0 radical (unpaired) electrons. The first-order valence-corrected chi connectivity index (χ1v) is 4.70. The summed E-state index contributed by atoms with van der Waals surface area (Å²) in [4.78, 5) is 21.8. The van der Waals surface area contributed by atoms with Gasteiger partial charge in [-0.2, -0.15) is 0 Å². The van der Waals surface area contributed by atoms with Crippen molar-refractivity contribution in [3.63, 3.8) is 0 Å². The number of aldehydes is 2. The first-order chi connectivity index (χ1) is 6.20. The van der Waals surface area contributed by atoms with Crippen LogP contribution in [0, 0.1) is 6.92 Å². The molecule has 0 aliphatic rings. The number of aryl methyl sites for hydroxylation is 1. The fourth-order valence-corrected chi connectivity index (χ4v) is 2.00. The van der Waals surface area contributed by atoms with Crippen LogP contribution in [0.15, 0.2) is 0 Å². The molecule has 0 saturated heterocycles. The number of ether oxygens (including phenoxy) is 1. The zero-order chi connectivity index (χ0) is 9.84. The van der Waals surface area contributed by atoms with Crippen LogP contribution in [0.1, 0.15) is 14.5 Å². The number of rotatable bonds is 4. The van der Waals surface area contributed by atoms with Gasteiger partial charge in [0, 0.05) is 4.88 Å². The van der Waals surface area contributed by atoms with Crippen LogP contribution in [-0.4, -0.2) is 19.2 Å². The minimum atomic E-state index is -0.0866. The van der Waals surface area contributed by atoms with E-state index in [1.165, 1.54) is 11.3 Å². The number of halogens is 1. The highest BCUT2D eigenvalue weighted by Crippen LogP contribution is 2.37. The number of thiophene rings is 1. The molecule has 5 heteroatoms. The summed E-state index contributed by atoms with van der Waals surface area (Å²) >= 11 is 7.09. The van der Waals surface area contributed by atoms with Crippen molar-refractivity contribution in [3.8, 4) is 5.75 Å². The zero-order valence-corrected chi connectivity index (χ0v) is 8.45. The minimum Gasteiger partial charge on any atom is -0.483 e. The average Bonchev–Trinajstić information content (AvgIpc) is 2.40. The molecular weight excluding hydrogens is 212 g/mol. The van der Waals surface area contributed by atoms with Gasteiger partial charge in [0.1, 0.15) is 11.5 Å². The molecule has 1 rings (SSSR count). The fourth-order valence-electron chi connectivity index (χ4n) is 0.854. The second kappa shape index (κ2) is 4.39. The van der Waals surface area contributed by atoms with Crippen LogP contribution in [0.25, 0.3) is 0 Å². The topological polar surface area (TPSA) is 43.4 Å². The molecule has 0 aliphatic carbocycles. The van der Waals surface area contributed by atoms with Crippen molar-refractivity contribution in [1.82, 2.24) is 0 Å². The summed E-state index contributed by atoms with van der Waals surface area (Å²) in [6.07, 6.45) is 1.28. The Morgan fingerprint density at radius 3 is 2.77 bits per heavy atom. The Kier molecular flexibility index (Phi) is 3.45. The second-order valence-corrected chi connectivity index (χ2v) is 3.90. The van der Waals surface area contributed by atoms with E-state index in [9.17, 15) is 9.59 Å². The predicted molar refractivity (Wildman–Crippen MR) is 51.0 cm³/mol. The molecule has 0 spiro atoms. The van der Waals surface area contributed by atoms with Crippen LogP contribution in [-0.2, 0) is 4.79 Å². The van der Waals surface area contributed by atoms with E-state index >= 15 is 0 Å². The van der Waals surface area contributed by atoms with Gasteiger partial charge in [0.25, 0.3) is 0 Å². The third-order valence-corrected chi connectivity index (χ3v) is 2.98. The highest BCUT2D eigenvalue weighted by atomic mass is 35.5. The van der Waals surface area contributed by atoms with Crippen molar-refractivity contribution in [3.05, 3.63) is 14.8 Å². The van der Waals surface area contributed by atoms with Gasteiger partial charge in [-0.05, 0) is 6.92 Å². The molecule has 0 saturated carbocycles. The highest BCUT2D eigenvalue weighted by Gasteiger charge is 2.14. The lowest BCUT2D eigenvalue weighted by Gasteiger charge is -1.99. The molecule has 0 amide bonds. The van der Waals surface area contributed by atoms with Crippen LogP contribution in [0.2, 0.25) is 5.02 Å². The van der Waals surface area contributed by atoms with Crippen molar-refractivity contribution in [2.45, 2.75) is 6.92 Å². The Balaban J connectivity index is 3.00. The second-order valence-electron chi connectivity index (χ2n) is 2.26. The summed E-state index contributed by atoms with van der Waals surface area (Å²) < 4.78 is 5.01. The standard InChI is InChI=1S/C8H7ClO3S/c1-5-7(9)8(12-3-2-10)6(4-11)13-5/h2,4H,3H2,1H3. The smallest absolute Gasteiger partial charge is 0.163 e. The van der Waals surface area contributed by atoms with Crippen LogP contribution in [0.3, 0.4) is 0 Å². The molecule has 0 bridgehead atoms. The lowest BCUT2D eigenvalue weighted by molar-refractivity contribution is -0.109. The molecule has 3 nitrogen and oxygen atoms in total. The third-order valence-electron chi connectivity index (χ3n) is 1.40. The highest BCUT2D eigenvalue weighted by molar-refractivity contribution is 7.14. The lowest BCUT2D eigenvalue weighted by atomic mass is 10.4. The summed E-state index contributed by atoms with van der Waals surface area (Å²) in [6, 6.07) is 0. The van der Waals surface area contributed by atoms with E-state index in [-0.39, 0.29) is 6.61 Å². The van der Waals surface area contributed by atoms with E-state index < -0.39 is 0 Å². The van der Waals surface area contributed by atoms with E-state index in [1.807, 2.05) is 0 Å². The van der Waals surface area contributed by atoms with Crippen molar-refractivity contribution < 1.29 is 14.3 Å². The quantitative estimate of drug-likeness (QED) is 0.727. The Hall–Kier alpha value is -0.870. The Labute approximate surface area is 84.3 Å². The van der Waals surface area contributed by atoms with Gasteiger partial charge in [-0.3, -0.25) is 9.59 Å². The van der Waals surface area contributed by atoms with E-state index in [1.54, 1.807) is 6.92 Å². The first-order valence-electron chi connectivity index (χ1n) is 3.51. The maximum absolute atomic E-state index is 10.5. The third kappa shape index (κ3) is 2.08. The molecule has 0 atom stereocenters. The van der Waals surface area contributed by atoms with Gasteiger partial charge in [0.2, 0.25) is 0 Å². The first kappa shape index (κ1) is 10.2. The molecule has 1 heterocycles. The Bertz CT molecular complexity index is 332. The van der Waals surface area contributed by atoms with Gasteiger partial charge in [0.15, 0.2) is 18.3 Å². The largest absolute Gasteiger partial charge is 0.483 e. The normalized spacial score (nSPS) is 9.69. The molecule has 0 aliphatic heterocycles. The van der Waals surface area contributed by atoms with Crippen LogP contribution >= 0.6 is 22.9 Å². The van der Waals surface area contributed by atoms with Crippen molar-refractivity contribution in [2.24, 2.45) is 0 Å². The summed E-state index contributed by atoms with van der Waals surface area (Å²) in [5, 5.41) is 0.411. The Morgan fingerprint density at radius 2 is 2.23 bits per heavy atom. The molecular formula is C8H7ClO3S. The molecule has 0 N–H and O–H groups in total. The van der Waals surface area contributed by atoms with Gasteiger partial charge in [-0.25, -0.2) is 0 Å². The van der Waals surface area contributed by atoms with Crippen molar-refractivity contribution in [1.29, 1.82) is 0 Å². The molecule has 0 fully saturated rings. The van der Waals surface area contributed by atoms with Crippen LogP contribution in [0.4, 0.5) is 0 Å². The van der Waals surface area contributed by atoms with E-state index in [4.69, 9.17) is 16.3 Å². The minimum absolute atomic E-state index is 0.0866.